The molecule has 0 radical (unpaired) electrons. The van der Waals surface area contributed by atoms with Crippen molar-refractivity contribution in [1.82, 2.24) is 8.75 Å². The van der Waals surface area contributed by atoms with E-state index < -0.39 is 0 Å². The highest BCUT2D eigenvalue weighted by Crippen LogP contribution is 2.45. The van der Waals surface area contributed by atoms with Gasteiger partial charge in [0.2, 0.25) is 0 Å². The zero-order valence-electron chi connectivity index (χ0n) is 9.99. The summed E-state index contributed by atoms with van der Waals surface area (Å²) in [6.07, 6.45) is 9.78. The van der Waals surface area contributed by atoms with Gasteiger partial charge in [-0.2, -0.15) is 8.75 Å². The largest absolute Gasteiger partial charge is 0.353 e. The number of hydrogen-bond donors (Lipinski definition) is 0. The maximum atomic E-state index is 6.05. The predicted molar refractivity (Wildman–Crippen MR) is 71.9 cm³/mol. The van der Waals surface area contributed by atoms with Gasteiger partial charge >= 0.3 is 0 Å². The van der Waals surface area contributed by atoms with E-state index in [0.29, 0.717) is 10.6 Å². The van der Waals surface area contributed by atoms with Crippen LogP contribution < -0.4 is 4.90 Å². The van der Waals surface area contributed by atoms with Crippen molar-refractivity contribution in [2.24, 2.45) is 5.41 Å². The third-order valence-electron chi connectivity index (χ3n) is 4.47. The van der Waals surface area contributed by atoms with Crippen LogP contribution in [0.15, 0.2) is 0 Å². The maximum absolute atomic E-state index is 6.05. The fourth-order valence-electron chi connectivity index (χ4n) is 3.36. The van der Waals surface area contributed by atoms with Crippen LogP contribution in [0, 0.1) is 5.41 Å². The molecule has 1 aliphatic carbocycles. The normalized spacial score (nSPS) is 24.2. The van der Waals surface area contributed by atoms with Gasteiger partial charge in [-0.25, -0.2) is 0 Å². The number of halogens is 1. The van der Waals surface area contributed by atoms with E-state index in [4.69, 9.17) is 11.6 Å². The molecule has 5 heteroatoms. The average Bonchev–Trinajstić information content (AvgIpc) is 2.78. The van der Waals surface area contributed by atoms with Crippen molar-refractivity contribution in [2.75, 3.05) is 18.0 Å². The van der Waals surface area contributed by atoms with E-state index in [0.717, 1.165) is 18.9 Å². The second-order valence-corrected chi connectivity index (χ2v) is 6.31. The van der Waals surface area contributed by atoms with Crippen molar-refractivity contribution in [3.63, 3.8) is 0 Å². The molecule has 1 saturated carbocycles. The van der Waals surface area contributed by atoms with Crippen molar-refractivity contribution in [3.05, 3.63) is 5.15 Å². The Morgan fingerprint density at radius 3 is 2.29 bits per heavy atom. The second kappa shape index (κ2) is 4.73. The molecule has 0 amide bonds. The van der Waals surface area contributed by atoms with E-state index in [1.165, 1.54) is 56.7 Å². The summed E-state index contributed by atoms with van der Waals surface area (Å²) in [7, 11) is 0. The van der Waals surface area contributed by atoms with Gasteiger partial charge in [-0.05, 0) is 31.1 Å². The molecule has 17 heavy (non-hydrogen) atoms. The molecule has 2 aliphatic rings. The fraction of sp³-hybridized carbons (Fsp3) is 0.833. The molecule has 3 rings (SSSR count). The summed E-state index contributed by atoms with van der Waals surface area (Å²) in [5.41, 5.74) is 0.644. The monoisotopic (exact) mass is 271 g/mol. The number of hydrogen-bond acceptors (Lipinski definition) is 4. The van der Waals surface area contributed by atoms with Crippen LogP contribution in [0.4, 0.5) is 5.82 Å². The predicted octanol–water partition coefficient (Wildman–Crippen LogP) is 3.74. The zero-order chi connectivity index (χ0) is 11.7. The van der Waals surface area contributed by atoms with E-state index in [2.05, 4.69) is 13.6 Å². The van der Waals surface area contributed by atoms with Gasteiger partial charge < -0.3 is 4.90 Å². The topological polar surface area (TPSA) is 29.0 Å². The molecular formula is C12H18ClN3S. The Bertz CT molecular complexity index is 377. The van der Waals surface area contributed by atoms with Gasteiger partial charge in [0.1, 0.15) is 0 Å². The molecular weight excluding hydrogens is 254 g/mol. The lowest BCUT2D eigenvalue weighted by Gasteiger charge is -2.44. The van der Waals surface area contributed by atoms with Gasteiger partial charge in [0.25, 0.3) is 0 Å². The second-order valence-electron chi connectivity index (χ2n) is 5.43. The summed E-state index contributed by atoms with van der Waals surface area (Å²) < 4.78 is 8.35. The Balaban J connectivity index is 1.66. The van der Waals surface area contributed by atoms with Gasteiger partial charge in [-0.15, -0.1) is 0 Å². The van der Waals surface area contributed by atoms with Crippen LogP contribution >= 0.6 is 23.3 Å². The minimum atomic E-state index is 0.578. The molecule has 3 nitrogen and oxygen atoms in total. The lowest BCUT2D eigenvalue weighted by atomic mass is 9.68. The molecule has 1 aliphatic heterocycles. The van der Waals surface area contributed by atoms with E-state index in [9.17, 15) is 0 Å². The Labute approximate surface area is 111 Å². The van der Waals surface area contributed by atoms with Crippen molar-refractivity contribution < 1.29 is 0 Å². The Morgan fingerprint density at radius 2 is 1.71 bits per heavy atom. The smallest absolute Gasteiger partial charge is 0.187 e. The summed E-state index contributed by atoms with van der Waals surface area (Å²) in [4.78, 5) is 2.31. The van der Waals surface area contributed by atoms with Crippen molar-refractivity contribution in [3.8, 4) is 0 Å². The minimum Gasteiger partial charge on any atom is -0.353 e. The Morgan fingerprint density at radius 1 is 1.00 bits per heavy atom. The third-order valence-corrected chi connectivity index (χ3v) is 5.34. The SMILES string of the molecule is Clc1nsnc1N1CCC2(CCCCC2)CC1. The van der Waals surface area contributed by atoms with Crippen molar-refractivity contribution >= 4 is 29.1 Å². The van der Waals surface area contributed by atoms with Crippen LogP contribution in [0.2, 0.25) is 5.15 Å². The molecule has 1 aromatic heterocycles. The fourth-order valence-corrected chi connectivity index (χ4v) is 4.13. The highest BCUT2D eigenvalue weighted by Gasteiger charge is 2.36. The number of rotatable bonds is 1. The van der Waals surface area contributed by atoms with E-state index in [1.54, 1.807) is 0 Å². The first-order chi connectivity index (χ1) is 8.29. The summed E-state index contributed by atoms with van der Waals surface area (Å²) in [5, 5.41) is 0.578. The molecule has 0 unspecified atom stereocenters. The number of aromatic nitrogens is 2. The molecule has 0 N–H and O–H groups in total. The first-order valence-corrected chi connectivity index (χ1v) is 7.63. The lowest BCUT2D eigenvalue weighted by Crippen LogP contribution is -2.41. The van der Waals surface area contributed by atoms with E-state index in [1.807, 2.05) is 0 Å². The molecule has 0 aromatic carbocycles. The Kier molecular flexibility index (Phi) is 3.26. The standard InChI is InChI=1S/C12H18ClN3S/c13-10-11(15-17-14-10)16-8-6-12(7-9-16)4-2-1-3-5-12/h1-9H2. The van der Waals surface area contributed by atoms with Crippen LogP contribution in [0.25, 0.3) is 0 Å². The van der Waals surface area contributed by atoms with Gasteiger partial charge in [0.05, 0.1) is 11.7 Å². The zero-order valence-corrected chi connectivity index (χ0v) is 11.6. The maximum Gasteiger partial charge on any atom is 0.187 e. The minimum absolute atomic E-state index is 0.578. The van der Waals surface area contributed by atoms with Gasteiger partial charge in [-0.1, -0.05) is 30.9 Å². The van der Waals surface area contributed by atoms with Crippen molar-refractivity contribution in [2.45, 2.75) is 44.9 Å². The molecule has 1 aromatic rings. The number of piperidine rings is 1. The van der Waals surface area contributed by atoms with Gasteiger partial charge in [0, 0.05) is 13.1 Å². The molecule has 1 saturated heterocycles. The van der Waals surface area contributed by atoms with Crippen LogP contribution in [0.5, 0.6) is 0 Å². The highest BCUT2D eigenvalue weighted by atomic mass is 35.5. The first kappa shape index (κ1) is 11.7. The molecule has 1 spiro atoms. The number of nitrogens with zero attached hydrogens (tertiary/aromatic N) is 3. The molecule has 0 atom stereocenters. The van der Waals surface area contributed by atoms with Crippen LogP contribution in [0.3, 0.4) is 0 Å². The van der Waals surface area contributed by atoms with Gasteiger partial charge in [0.15, 0.2) is 11.0 Å². The Hall–Kier alpha value is -0.350. The summed E-state index contributed by atoms with van der Waals surface area (Å²) >= 11 is 7.26. The van der Waals surface area contributed by atoms with Crippen LogP contribution in [0.1, 0.15) is 44.9 Å². The number of anilines is 1. The molecule has 2 fully saturated rings. The van der Waals surface area contributed by atoms with E-state index in [-0.39, 0.29) is 0 Å². The molecule has 0 bridgehead atoms. The summed E-state index contributed by atoms with van der Waals surface area (Å²) in [6.45, 7) is 2.20. The lowest BCUT2D eigenvalue weighted by molar-refractivity contribution is 0.144. The van der Waals surface area contributed by atoms with E-state index >= 15 is 0 Å². The van der Waals surface area contributed by atoms with Crippen LogP contribution in [-0.2, 0) is 0 Å². The summed E-state index contributed by atoms with van der Waals surface area (Å²) in [5.74, 6) is 0.905. The van der Waals surface area contributed by atoms with Crippen LogP contribution in [-0.4, -0.2) is 21.8 Å². The first-order valence-electron chi connectivity index (χ1n) is 6.52. The molecule has 94 valence electrons. The van der Waals surface area contributed by atoms with Gasteiger partial charge in [-0.3, -0.25) is 0 Å². The van der Waals surface area contributed by atoms with Crippen molar-refractivity contribution in [1.29, 1.82) is 0 Å². The average molecular weight is 272 g/mol. The third kappa shape index (κ3) is 2.29. The quantitative estimate of drug-likeness (QED) is 0.779. The highest BCUT2D eigenvalue weighted by molar-refractivity contribution is 6.99. The molecule has 2 heterocycles. The summed E-state index contributed by atoms with van der Waals surface area (Å²) in [6, 6.07) is 0.